The normalized spacial score (nSPS) is 10.8. The van der Waals surface area contributed by atoms with Crippen LogP contribution in [0.15, 0.2) is 41.4 Å². The number of aromatic nitrogens is 2. The summed E-state index contributed by atoms with van der Waals surface area (Å²) in [6.45, 7) is 3.72. The van der Waals surface area contributed by atoms with E-state index in [0.717, 1.165) is 21.5 Å². The van der Waals surface area contributed by atoms with E-state index in [9.17, 15) is 4.79 Å². The number of para-hydroxylation sites is 1. The number of ether oxygens (including phenoxy) is 1. The van der Waals surface area contributed by atoms with Gasteiger partial charge in [-0.25, -0.2) is 9.97 Å². The number of carbonyl (C=O) groups is 1. The molecule has 0 fully saturated rings. The van der Waals surface area contributed by atoms with Gasteiger partial charge in [-0.2, -0.15) is 0 Å². The third-order valence-corrected chi connectivity index (χ3v) is 5.17. The van der Waals surface area contributed by atoms with Crippen LogP contribution in [0.1, 0.15) is 11.4 Å². The fourth-order valence-electron chi connectivity index (χ4n) is 2.52. The molecule has 0 aliphatic rings. The molecule has 1 aromatic heterocycles. The van der Waals surface area contributed by atoms with Crippen LogP contribution in [0.5, 0.6) is 5.75 Å². The summed E-state index contributed by atoms with van der Waals surface area (Å²) in [6, 6.07) is 11.3. The van der Waals surface area contributed by atoms with E-state index < -0.39 is 0 Å². The Morgan fingerprint density at radius 1 is 1.23 bits per heavy atom. The van der Waals surface area contributed by atoms with E-state index in [2.05, 4.69) is 15.3 Å². The minimum Gasteiger partial charge on any atom is -0.495 e. The Morgan fingerprint density at radius 2 is 2.00 bits per heavy atom. The minimum absolute atomic E-state index is 0.143. The minimum atomic E-state index is -0.143. The highest BCUT2D eigenvalue weighted by molar-refractivity contribution is 8.00. The van der Waals surface area contributed by atoms with Crippen molar-refractivity contribution >= 4 is 45.9 Å². The van der Waals surface area contributed by atoms with Gasteiger partial charge in [0.05, 0.1) is 24.1 Å². The molecule has 1 amide bonds. The van der Waals surface area contributed by atoms with Crippen LogP contribution in [-0.4, -0.2) is 28.7 Å². The van der Waals surface area contributed by atoms with Crippen LogP contribution in [0, 0.1) is 13.8 Å². The van der Waals surface area contributed by atoms with Gasteiger partial charge in [0.25, 0.3) is 0 Å². The van der Waals surface area contributed by atoms with Crippen LogP contribution in [0.3, 0.4) is 0 Å². The molecule has 0 saturated heterocycles. The second-order valence-corrected chi connectivity index (χ2v) is 7.10. The van der Waals surface area contributed by atoms with Crippen molar-refractivity contribution in [3.8, 4) is 5.75 Å². The van der Waals surface area contributed by atoms with Gasteiger partial charge in [-0.1, -0.05) is 41.6 Å². The van der Waals surface area contributed by atoms with E-state index in [-0.39, 0.29) is 11.7 Å². The average Bonchev–Trinajstić information content (AvgIpc) is 2.62. The van der Waals surface area contributed by atoms with Gasteiger partial charge in [-0.05, 0) is 31.5 Å². The lowest BCUT2D eigenvalue weighted by Crippen LogP contribution is -2.15. The fraction of sp³-hybridized carbons (Fsp3) is 0.211. The van der Waals surface area contributed by atoms with E-state index in [1.165, 1.54) is 11.8 Å². The van der Waals surface area contributed by atoms with Crippen LogP contribution in [0.25, 0.3) is 10.9 Å². The number of aryl methyl sites for hydroxylation is 2. The molecule has 0 aliphatic heterocycles. The average molecular weight is 388 g/mol. The first-order valence-corrected chi connectivity index (χ1v) is 9.34. The number of thioether (sulfide) groups is 1. The summed E-state index contributed by atoms with van der Waals surface area (Å²) in [4.78, 5) is 21.3. The molecule has 134 valence electrons. The number of halogens is 1. The number of rotatable bonds is 5. The number of nitrogens with one attached hydrogen (secondary N) is 1. The Hall–Kier alpha value is -2.31. The monoisotopic (exact) mass is 387 g/mol. The third kappa shape index (κ3) is 4.08. The maximum absolute atomic E-state index is 12.4. The molecular weight excluding hydrogens is 370 g/mol. The van der Waals surface area contributed by atoms with Crippen LogP contribution in [0.4, 0.5) is 5.69 Å². The molecule has 0 aliphatic carbocycles. The first-order chi connectivity index (χ1) is 12.5. The van der Waals surface area contributed by atoms with Gasteiger partial charge in [-0.15, -0.1) is 0 Å². The summed E-state index contributed by atoms with van der Waals surface area (Å²) in [5, 5.41) is 5.20. The van der Waals surface area contributed by atoms with E-state index in [1.54, 1.807) is 19.2 Å². The van der Waals surface area contributed by atoms with Gasteiger partial charge in [0.15, 0.2) is 0 Å². The van der Waals surface area contributed by atoms with Crippen LogP contribution in [-0.2, 0) is 4.79 Å². The molecule has 0 radical (unpaired) electrons. The molecule has 2 aromatic carbocycles. The first-order valence-electron chi connectivity index (χ1n) is 7.98. The molecule has 0 saturated carbocycles. The van der Waals surface area contributed by atoms with Crippen molar-refractivity contribution in [2.75, 3.05) is 18.2 Å². The Labute approximate surface area is 161 Å². The van der Waals surface area contributed by atoms with E-state index >= 15 is 0 Å². The standard InChI is InChI=1S/C19H18ClN3O2S/c1-11-8-16(17(25-3)9-14(11)20)23-18(24)10-26-19-13-6-4-5-7-15(13)21-12(2)22-19/h4-9H,10H2,1-3H3,(H,23,24). The Bertz CT molecular complexity index is 978. The van der Waals surface area contributed by atoms with E-state index in [0.29, 0.717) is 22.3 Å². The Morgan fingerprint density at radius 3 is 2.77 bits per heavy atom. The van der Waals surface area contributed by atoms with Crippen LogP contribution in [0.2, 0.25) is 5.02 Å². The number of hydrogen-bond acceptors (Lipinski definition) is 5. The molecule has 0 unspecified atom stereocenters. The lowest BCUT2D eigenvalue weighted by molar-refractivity contribution is -0.113. The van der Waals surface area contributed by atoms with Gasteiger partial charge in [-0.3, -0.25) is 4.79 Å². The number of anilines is 1. The molecule has 5 nitrogen and oxygen atoms in total. The highest BCUT2D eigenvalue weighted by Crippen LogP contribution is 2.31. The number of methoxy groups -OCH3 is 1. The smallest absolute Gasteiger partial charge is 0.234 e. The maximum atomic E-state index is 12.4. The van der Waals surface area contributed by atoms with Gasteiger partial charge in [0.1, 0.15) is 16.6 Å². The van der Waals surface area contributed by atoms with Crippen molar-refractivity contribution in [3.63, 3.8) is 0 Å². The predicted molar refractivity (Wildman–Crippen MR) is 106 cm³/mol. The zero-order valence-corrected chi connectivity index (χ0v) is 16.2. The van der Waals surface area contributed by atoms with Crippen LogP contribution >= 0.6 is 23.4 Å². The summed E-state index contributed by atoms with van der Waals surface area (Å²) in [5.74, 6) is 1.30. The zero-order valence-electron chi connectivity index (χ0n) is 14.7. The lowest BCUT2D eigenvalue weighted by Gasteiger charge is -2.12. The van der Waals surface area contributed by atoms with Crippen molar-refractivity contribution in [3.05, 3.63) is 52.8 Å². The third-order valence-electron chi connectivity index (χ3n) is 3.77. The number of amides is 1. The number of hydrogen-bond donors (Lipinski definition) is 1. The first kappa shape index (κ1) is 18.5. The summed E-state index contributed by atoms with van der Waals surface area (Å²) >= 11 is 7.48. The molecule has 0 bridgehead atoms. The summed E-state index contributed by atoms with van der Waals surface area (Å²) in [7, 11) is 1.54. The zero-order chi connectivity index (χ0) is 18.7. The number of fused-ring (bicyclic) bond motifs is 1. The SMILES string of the molecule is COc1cc(Cl)c(C)cc1NC(=O)CSc1nc(C)nc2ccccc12. The maximum Gasteiger partial charge on any atom is 0.234 e. The number of nitrogens with zero attached hydrogens (tertiary/aromatic N) is 2. The largest absolute Gasteiger partial charge is 0.495 e. The van der Waals surface area contributed by atoms with Crippen molar-refractivity contribution in [1.29, 1.82) is 0 Å². The Kier molecular flexibility index (Phi) is 5.64. The van der Waals surface area contributed by atoms with Gasteiger partial charge in [0.2, 0.25) is 5.91 Å². The van der Waals surface area contributed by atoms with Crippen molar-refractivity contribution in [2.45, 2.75) is 18.9 Å². The number of carbonyl (C=O) groups excluding carboxylic acids is 1. The quantitative estimate of drug-likeness (QED) is 0.510. The molecule has 3 aromatic rings. The lowest BCUT2D eigenvalue weighted by atomic mass is 10.2. The molecule has 26 heavy (non-hydrogen) atoms. The van der Waals surface area contributed by atoms with Gasteiger partial charge < -0.3 is 10.1 Å². The van der Waals surface area contributed by atoms with Crippen molar-refractivity contribution in [2.24, 2.45) is 0 Å². The molecule has 0 atom stereocenters. The predicted octanol–water partition coefficient (Wildman–Crippen LogP) is 4.64. The molecular formula is C19H18ClN3O2S. The summed E-state index contributed by atoms with van der Waals surface area (Å²) in [5.41, 5.74) is 2.34. The highest BCUT2D eigenvalue weighted by atomic mass is 35.5. The van der Waals surface area contributed by atoms with Crippen molar-refractivity contribution < 1.29 is 9.53 Å². The molecule has 7 heteroatoms. The molecule has 0 spiro atoms. The second kappa shape index (κ2) is 7.93. The fourth-order valence-corrected chi connectivity index (χ4v) is 3.54. The highest BCUT2D eigenvalue weighted by Gasteiger charge is 2.13. The molecule has 1 heterocycles. The summed E-state index contributed by atoms with van der Waals surface area (Å²) < 4.78 is 5.29. The topological polar surface area (TPSA) is 64.1 Å². The van der Waals surface area contributed by atoms with Crippen molar-refractivity contribution in [1.82, 2.24) is 9.97 Å². The number of benzene rings is 2. The van der Waals surface area contributed by atoms with E-state index in [1.807, 2.05) is 38.1 Å². The van der Waals surface area contributed by atoms with Crippen LogP contribution < -0.4 is 10.1 Å². The molecule has 1 N–H and O–H groups in total. The van der Waals surface area contributed by atoms with Gasteiger partial charge in [0, 0.05) is 16.5 Å². The summed E-state index contributed by atoms with van der Waals surface area (Å²) in [6.07, 6.45) is 0. The second-order valence-electron chi connectivity index (χ2n) is 5.73. The Balaban J connectivity index is 1.75. The van der Waals surface area contributed by atoms with Gasteiger partial charge >= 0.3 is 0 Å². The molecule has 3 rings (SSSR count). The van der Waals surface area contributed by atoms with E-state index in [4.69, 9.17) is 16.3 Å².